The zero-order chi connectivity index (χ0) is 13.6. The normalized spacial score (nSPS) is 11.9. The lowest BCUT2D eigenvalue weighted by Crippen LogP contribution is -2.40. The number of carboxylic acids is 1. The van der Waals surface area contributed by atoms with E-state index in [1.807, 2.05) is 0 Å². The van der Waals surface area contributed by atoms with Gasteiger partial charge in [0.2, 0.25) is 5.89 Å². The zero-order valence-electron chi connectivity index (χ0n) is 9.74. The highest BCUT2D eigenvalue weighted by molar-refractivity contribution is 7.87. The molecule has 0 atom stereocenters. The first-order chi connectivity index (χ1) is 8.42. The first-order valence-corrected chi connectivity index (χ1v) is 6.54. The van der Waals surface area contributed by atoms with Gasteiger partial charge in [-0.05, 0) is 0 Å². The largest absolute Gasteiger partial charge is 0.481 e. The van der Waals surface area contributed by atoms with Crippen molar-refractivity contribution in [2.45, 2.75) is 12.8 Å². The van der Waals surface area contributed by atoms with E-state index in [0.29, 0.717) is 5.89 Å². The Bertz CT molecular complexity index is 472. The number of hydrogen-bond acceptors (Lipinski definition) is 6. The van der Waals surface area contributed by atoms with Crippen molar-refractivity contribution in [3.8, 4) is 0 Å². The van der Waals surface area contributed by atoms with Gasteiger partial charge in [-0.15, -0.1) is 0 Å². The van der Waals surface area contributed by atoms with E-state index in [9.17, 15) is 13.2 Å². The van der Waals surface area contributed by atoms with E-state index in [4.69, 9.17) is 9.63 Å². The molecule has 0 amide bonds. The highest BCUT2D eigenvalue weighted by Crippen LogP contribution is 1.97. The van der Waals surface area contributed by atoms with Crippen molar-refractivity contribution in [3.63, 3.8) is 0 Å². The molecule has 0 saturated carbocycles. The first-order valence-electron chi connectivity index (χ1n) is 5.10. The summed E-state index contributed by atoms with van der Waals surface area (Å²) < 4.78 is 31.2. The van der Waals surface area contributed by atoms with Crippen LogP contribution in [0, 0.1) is 0 Å². The summed E-state index contributed by atoms with van der Waals surface area (Å²) in [5.74, 6) is -0.728. The van der Waals surface area contributed by atoms with E-state index < -0.39 is 16.2 Å². The molecule has 1 aromatic rings. The van der Waals surface area contributed by atoms with Crippen LogP contribution in [0.5, 0.6) is 0 Å². The lowest BCUT2D eigenvalue weighted by molar-refractivity contribution is -0.137. The molecule has 102 valence electrons. The third-order valence-electron chi connectivity index (χ3n) is 2.08. The molecule has 0 saturated heterocycles. The van der Waals surface area contributed by atoms with Gasteiger partial charge < -0.3 is 9.63 Å². The molecule has 0 aliphatic rings. The van der Waals surface area contributed by atoms with Crippen molar-refractivity contribution >= 4 is 16.2 Å². The molecule has 1 heterocycles. The highest BCUT2D eigenvalue weighted by Gasteiger charge is 2.17. The minimum Gasteiger partial charge on any atom is -0.481 e. The Morgan fingerprint density at radius 2 is 2.33 bits per heavy atom. The smallest absolute Gasteiger partial charge is 0.304 e. The molecule has 0 radical (unpaired) electrons. The van der Waals surface area contributed by atoms with E-state index in [1.165, 1.54) is 13.4 Å². The van der Waals surface area contributed by atoms with Gasteiger partial charge in [0.25, 0.3) is 10.2 Å². The second-order valence-corrected chi connectivity index (χ2v) is 5.31. The summed E-state index contributed by atoms with van der Waals surface area (Å²) in [6.07, 6.45) is 1.25. The Labute approximate surface area is 104 Å². The molecule has 18 heavy (non-hydrogen) atoms. The quantitative estimate of drug-likeness (QED) is 0.615. The van der Waals surface area contributed by atoms with Crippen LogP contribution in [-0.2, 0) is 21.4 Å². The fourth-order valence-corrected chi connectivity index (χ4v) is 1.99. The summed E-state index contributed by atoms with van der Waals surface area (Å²) in [6.45, 7) is 0.00711. The van der Waals surface area contributed by atoms with Gasteiger partial charge in [0, 0.05) is 26.6 Å². The molecule has 1 rings (SSSR count). The van der Waals surface area contributed by atoms with Crippen LogP contribution < -0.4 is 4.72 Å². The number of aromatic nitrogens is 2. The second-order valence-electron chi connectivity index (χ2n) is 3.45. The van der Waals surface area contributed by atoms with E-state index in [1.54, 1.807) is 0 Å². The van der Waals surface area contributed by atoms with Crippen LogP contribution in [-0.4, -0.2) is 54.1 Å². The highest BCUT2D eigenvalue weighted by atomic mass is 32.2. The number of rotatable bonds is 8. The topological polar surface area (TPSA) is 126 Å². The van der Waals surface area contributed by atoms with Crippen molar-refractivity contribution in [1.82, 2.24) is 19.2 Å². The monoisotopic (exact) mass is 278 g/mol. The third-order valence-corrected chi connectivity index (χ3v) is 3.65. The molecule has 10 heteroatoms. The van der Waals surface area contributed by atoms with E-state index in [2.05, 4.69) is 14.9 Å². The molecule has 0 unspecified atom stereocenters. The summed E-state index contributed by atoms with van der Waals surface area (Å²) in [5, 5.41) is 11.8. The van der Waals surface area contributed by atoms with Crippen molar-refractivity contribution in [2.24, 2.45) is 0 Å². The van der Waals surface area contributed by atoms with E-state index >= 15 is 0 Å². The predicted molar refractivity (Wildman–Crippen MR) is 59.8 cm³/mol. The first kappa shape index (κ1) is 14.5. The maximum Gasteiger partial charge on any atom is 0.304 e. The Balaban J connectivity index is 2.36. The number of carboxylic acid groups (broad SMARTS) is 1. The summed E-state index contributed by atoms with van der Waals surface area (Å²) in [7, 11) is -2.38. The van der Waals surface area contributed by atoms with Gasteiger partial charge >= 0.3 is 5.97 Å². The number of hydrogen-bond donors (Lipinski definition) is 2. The summed E-state index contributed by atoms with van der Waals surface area (Å²) in [4.78, 5) is 14.1. The Hall–Kier alpha value is -1.52. The lowest BCUT2D eigenvalue weighted by Gasteiger charge is -2.16. The van der Waals surface area contributed by atoms with Crippen molar-refractivity contribution in [2.75, 3.05) is 20.1 Å². The minimum absolute atomic E-state index is 0.0920. The number of nitrogens with zero attached hydrogens (tertiary/aromatic N) is 3. The second kappa shape index (κ2) is 6.42. The maximum atomic E-state index is 11.6. The maximum absolute atomic E-state index is 11.6. The van der Waals surface area contributed by atoms with E-state index in [-0.39, 0.29) is 25.9 Å². The van der Waals surface area contributed by atoms with Crippen LogP contribution in [0.3, 0.4) is 0 Å². The van der Waals surface area contributed by atoms with Gasteiger partial charge in [-0.3, -0.25) is 4.79 Å². The van der Waals surface area contributed by atoms with Gasteiger partial charge in [0.05, 0.1) is 6.42 Å². The molecule has 2 N–H and O–H groups in total. The van der Waals surface area contributed by atoms with Crippen molar-refractivity contribution < 1.29 is 22.8 Å². The molecule has 0 fully saturated rings. The number of nitrogens with one attached hydrogen (secondary N) is 1. The number of aliphatic carboxylic acids is 1. The summed E-state index contributed by atoms with van der Waals surface area (Å²) in [6, 6.07) is 0. The van der Waals surface area contributed by atoms with Crippen LogP contribution in [0.4, 0.5) is 0 Å². The number of carbonyl (C=O) groups is 1. The minimum atomic E-state index is -3.68. The average Bonchev–Trinajstić information content (AvgIpc) is 2.78. The Kier molecular flexibility index (Phi) is 5.19. The van der Waals surface area contributed by atoms with Gasteiger partial charge in [-0.25, -0.2) is 4.72 Å². The third kappa shape index (κ3) is 4.77. The lowest BCUT2D eigenvalue weighted by atomic mass is 10.4. The van der Waals surface area contributed by atoms with Crippen LogP contribution in [0.25, 0.3) is 0 Å². The summed E-state index contributed by atoms with van der Waals surface area (Å²) in [5.41, 5.74) is 0. The fourth-order valence-electron chi connectivity index (χ4n) is 1.08. The van der Waals surface area contributed by atoms with Crippen LogP contribution in [0.15, 0.2) is 10.9 Å². The molecule has 0 aliphatic carbocycles. The Morgan fingerprint density at radius 3 is 2.89 bits per heavy atom. The molecule has 0 spiro atoms. The van der Waals surface area contributed by atoms with Crippen LogP contribution in [0.2, 0.25) is 0 Å². The molecule has 0 bridgehead atoms. The van der Waals surface area contributed by atoms with Crippen LogP contribution >= 0.6 is 0 Å². The summed E-state index contributed by atoms with van der Waals surface area (Å²) >= 11 is 0. The molecule has 0 aliphatic heterocycles. The fraction of sp³-hybridized carbons (Fsp3) is 0.625. The SMILES string of the molecule is CN(CCC(=O)O)S(=O)(=O)NCCc1ncno1. The van der Waals surface area contributed by atoms with E-state index in [0.717, 1.165) is 4.31 Å². The molecular weight excluding hydrogens is 264 g/mol. The predicted octanol–water partition coefficient (Wildman–Crippen LogP) is -1.15. The van der Waals surface area contributed by atoms with Crippen molar-refractivity contribution in [1.29, 1.82) is 0 Å². The molecule has 9 nitrogen and oxygen atoms in total. The average molecular weight is 278 g/mol. The van der Waals surface area contributed by atoms with Gasteiger partial charge in [-0.1, -0.05) is 5.16 Å². The Morgan fingerprint density at radius 1 is 1.61 bits per heavy atom. The van der Waals surface area contributed by atoms with Gasteiger partial charge in [0.1, 0.15) is 0 Å². The molecule has 0 aromatic carbocycles. The van der Waals surface area contributed by atoms with Crippen molar-refractivity contribution in [3.05, 3.63) is 12.2 Å². The van der Waals surface area contributed by atoms with Gasteiger partial charge in [0.15, 0.2) is 6.33 Å². The van der Waals surface area contributed by atoms with Crippen LogP contribution in [0.1, 0.15) is 12.3 Å². The molecular formula is C8H14N4O5S. The van der Waals surface area contributed by atoms with Gasteiger partial charge in [-0.2, -0.15) is 17.7 Å². The molecule has 1 aromatic heterocycles. The standard InChI is InChI=1S/C8H14N4O5S/c1-12(5-3-8(13)14)18(15,16)11-4-2-7-9-6-10-17-7/h6,11H,2-5H2,1H3,(H,13,14). The zero-order valence-corrected chi connectivity index (χ0v) is 10.6.